The normalized spacial score (nSPS) is 12.2. The van der Waals surface area contributed by atoms with Gasteiger partial charge in [0.05, 0.1) is 5.52 Å². The second-order valence-corrected chi connectivity index (χ2v) is 9.59. The fraction of sp³-hybridized carbons (Fsp3) is 0.273. The maximum Gasteiger partial charge on any atom is 0.235 e. The molecule has 0 saturated heterocycles. The largest absolute Gasteiger partial charge is 0.363 e. The highest BCUT2D eigenvalue weighted by atomic mass is 32.2. The van der Waals surface area contributed by atoms with Crippen molar-refractivity contribution in [2.24, 2.45) is 0 Å². The van der Waals surface area contributed by atoms with Crippen molar-refractivity contribution in [2.75, 3.05) is 29.2 Å². The first-order valence-electron chi connectivity index (χ1n) is 10.0. The average molecular weight is 456 g/mol. The molecule has 0 aliphatic heterocycles. The van der Waals surface area contributed by atoms with Crippen molar-refractivity contribution in [1.29, 1.82) is 0 Å². The number of carbonyl (C=O) groups is 2. The Balaban J connectivity index is 1.65. The van der Waals surface area contributed by atoms with Crippen molar-refractivity contribution in [1.82, 2.24) is 15.3 Å². The number of amides is 2. The molecule has 1 atom stereocenters. The molecular weight excluding hydrogens is 430 g/mol. The Hall–Kier alpha value is -3.53. The third-order valence-corrected chi connectivity index (χ3v) is 5.43. The van der Waals surface area contributed by atoms with E-state index in [9.17, 15) is 18.0 Å². The molecule has 3 rings (SSSR count). The van der Waals surface area contributed by atoms with Crippen LogP contribution in [0, 0.1) is 0 Å². The number of nitrogens with zero attached hydrogens (tertiary/aromatic N) is 2. The molecule has 2 amide bonds. The van der Waals surface area contributed by atoms with Gasteiger partial charge >= 0.3 is 0 Å². The summed E-state index contributed by atoms with van der Waals surface area (Å²) in [5, 5.41) is 9.34. The van der Waals surface area contributed by atoms with Crippen molar-refractivity contribution in [2.45, 2.75) is 19.4 Å². The van der Waals surface area contributed by atoms with E-state index in [4.69, 9.17) is 0 Å². The summed E-state index contributed by atoms with van der Waals surface area (Å²) in [6.07, 6.45) is 2.47. The maximum absolute atomic E-state index is 12.2. The number of fused-ring (bicyclic) bond motifs is 1. The van der Waals surface area contributed by atoms with Crippen LogP contribution in [0.1, 0.15) is 24.9 Å². The van der Waals surface area contributed by atoms with Gasteiger partial charge < -0.3 is 16.0 Å². The summed E-state index contributed by atoms with van der Waals surface area (Å²) in [7, 11) is -3.40. The smallest absolute Gasteiger partial charge is 0.235 e. The standard InChI is InChI=1S/C22H25N5O4S/c1-15(16-6-4-3-5-7-16)26-22-18-12-17(8-9-19(18)24-14-25-22)27-20(28)10-11-23-21(29)13-32(2,30)31/h3-9,12,14-15H,10-11,13H2,1-2H3,(H,23,29)(H,27,28)(H,24,25,26). The van der Waals surface area contributed by atoms with E-state index in [2.05, 4.69) is 25.9 Å². The number of hydrogen-bond acceptors (Lipinski definition) is 7. The average Bonchev–Trinajstić information content (AvgIpc) is 2.73. The quantitative estimate of drug-likeness (QED) is 0.451. The van der Waals surface area contributed by atoms with Crippen LogP contribution in [-0.4, -0.2) is 48.8 Å². The van der Waals surface area contributed by atoms with E-state index in [1.54, 1.807) is 18.2 Å². The summed E-state index contributed by atoms with van der Waals surface area (Å²) in [4.78, 5) is 32.4. The monoisotopic (exact) mass is 455 g/mol. The van der Waals surface area contributed by atoms with Crippen molar-refractivity contribution < 1.29 is 18.0 Å². The van der Waals surface area contributed by atoms with Gasteiger partial charge in [-0.3, -0.25) is 9.59 Å². The minimum atomic E-state index is -3.40. The lowest BCUT2D eigenvalue weighted by atomic mass is 10.1. The predicted molar refractivity (Wildman–Crippen MR) is 124 cm³/mol. The highest BCUT2D eigenvalue weighted by molar-refractivity contribution is 7.91. The maximum atomic E-state index is 12.2. The highest BCUT2D eigenvalue weighted by Gasteiger charge is 2.12. The summed E-state index contributed by atoms with van der Waals surface area (Å²) in [6, 6.07) is 15.3. The lowest BCUT2D eigenvalue weighted by Crippen LogP contribution is -2.32. The molecule has 0 saturated carbocycles. The van der Waals surface area contributed by atoms with Gasteiger partial charge in [-0.1, -0.05) is 30.3 Å². The van der Waals surface area contributed by atoms with Crippen LogP contribution >= 0.6 is 0 Å². The molecule has 1 aromatic heterocycles. The third kappa shape index (κ3) is 6.74. The Morgan fingerprint density at radius 2 is 1.78 bits per heavy atom. The second kappa shape index (κ2) is 10.2. The van der Waals surface area contributed by atoms with E-state index >= 15 is 0 Å². The van der Waals surface area contributed by atoms with Crippen molar-refractivity contribution in [3.63, 3.8) is 0 Å². The molecule has 3 N–H and O–H groups in total. The van der Waals surface area contributed by atoms with Crippen molar-refractivity contribution in [3.8, 4) is 0 Å². The van der Waals surface area contributed by atoms with Gasteiger partial charge in [-0.15, -0.1) is 0 Å². The summed E-state index contributed by atoms with van der Waals surface area (Å²) < 4.78 is 22.2. The van der Waals surface area contributed by atoms with Crippen LogP contribution in [0.25, 0.3) is 10.9 Å². The topological polar surface area (TPSA) is 130 Å². The number of benzene rings is 2. The first-order valence-corrected chi connectivity index (χ1v) is 12.1. The minimum Gasteiger partial charge on any atom is -0.363 e. The molecule has 32 heavy (non-hydrogen) atoms. The number of anilines is 2. The van der Waals surface area contributed by atoms with E-state index < -0.39 is 21.5 Å². The van der Waals surface area contributed by atoms with Crippen LogP contribution in [-0.2, 0) is 19.4 Å². The summed E-state index contributed by atoms with van der Waals surface area (Å²) in [5.74, 6) is -0.897. The minimum absolute atomic E-state index is 0.00891. The number of aromatic nitrogens is 2. The Morgan fingerprint density at radius 3 is 2.50 bits per heavy atom. The Kier molecular flexibility index (Phi) is 7.37. The molecule has 0 radical (unpaired) electrons. The van der Waals surface area contributed by atoms with Crippen LogP contribution in [0.5, 0.6) is 0 Å². The van der Waals surface area contributed by atoms with Crippen LogP contribution in [0.3, 0.4) is 0 Å². The van der Waals surface area contributed by atoms with E-state index in [0.717, 1.165) is 22.7 Å². The molecule has 2 aromatic carbocycles. The number of hydrogen-bond donors (Lipinski definition) is 3. The molecule has 0 bridgehead atoms. The lowest BCUT2D eigenvalue weighted by molar-refractivity contribution is -0.119. The summed E-state index contributed by atoms with van der Waals surface area (Å²) in [6.45, 7) is 2.07. The number of sulfone groups is 1. The van der Waals surface area contributed by atoms with Gasteiger partial charge in [-0.2, -0.15) is 0 Å². The van der Waals surface area contributed by atoms with Gasteiger partial charge in [-0.05, 0) is 30.7 Å². The zero-order valence-corrected chi connectivity index (χ0v) is 18.6. The van der Waals surface area contributed by atoms with Crippen LogP contribution in [0.4, 0.5) is 11.5 Å². The van der Waals surface area contributed by atoms with E-state index in [1.807, 2.05) is 37.3 Å². The van der Waals surface area contributed by atoms with E-state index in [0.29, 0.717) is 11.5 Å². The first kappa shape index (κ1) is 23.1. The van der Waals surface area contributed by atoms with Crippen molar-refractivity contribution >= 4 is 44.1 Å². The molecule has 1 unspecified atom stereocenters. The zero-order chi connectivity index (χ0) is 23.1. The molecular formula is C22H25N5O4S. The van der Waals surface area contributed by atoms with Gasteiger partial charge in [0.15, 0.2) is 9.84 Å². The SMILES string of the molecule is CC(Nc1ncnc2ccc(NC(=O)CCNC(=O)CS(C)(=O)=O)cc12)c1ccccc1. The number of rotatable bonds is 9. The third-order valence-electron chi connectivity index (χ3n) is 4.64. The summed E-state index contributed by atoms with van der Waals surface area (Å²) >= 11 is 0. The molecule has 0 aliphatic carbocycles. The fourth-order valence-corrected chi connectivity index (χ4v) is 3.69. The molecule has 9 nitrogen and oxygen atoms in total. The fourth-order valence-electron chi connectivity index (χ4n) is 3.11. The Bertz CT molecular complexity index is 1220. The van der Waals surface area contributed by atoms with Gasteiger partial charge in [0.2, 0.25) is 11.8 Å². The second-order valence-electron chi connectivity index (χ2n) is 7.45. The van der Waals surface area contributed by atoms with Crippen LogP contribution < -0.4 is 16.0 Å². The van der Waals surface area contributed by atoms with Gasteiger partial charge in [0.1, 0.15) is 17.9 Å². The van der Waals surface area contributed by atoms with E-state index in [-0.39, 0.29) is 24.9 Å². The first-order chi connectivity index (χ1) is 15.2. The molecule has 0 spiro atoms. The van der Waals surface area contributed by atoms with Crippen LogP contribution in [0.15, 0.2) is 54.9 Å². The molecule has 3 aromatic rings. The zero-order valence-electron chi connectivity index (χ0n) is 17.8. The Labute approximate surface area is 186 Å². The Morgan fingerprint density at radius 1 is 1.03 bits per heavy atom. The molecule has 1 heterocycles. The summed E-state index contributed by atoms with van der Waals surface area (Å²) in [5.41, 5.74) is 2.41. The molecule has 10 heteroatoms. The predicted octanol–water partition coefficient (Wildman–Crippen LogP) is 2.29. The van der Waals surface area contributed by atoms with Crippen LogP contribution in [0.2, 0.25) is 0 Å². The molecule has 0 aliphatic rings. The van der Waals surface area contributed by atoms with Gasteiger partial charge in [0, 0.05) is 36.3 Å². The number of carbonyl (C=O) groups excluding carboxylic acids is 2. The highest BCUT2D eigenvalue weighted by Crippen LogP contribution is 2.26. The lowest BCUT2D eigenvalue weighted by Gasteiger charge is -2.16. The van der Waals surface area contributed by atoms with Crippen molar-refractivity contribution in [3.05, 3.63) is 60.4 Å². The number of nitrogens with one attached hydrogen (secondary N) is 3. The van der Waals surface area contributed by atoms with Gasteiger partial charge in [-0.25, -0.2) is 18.4 Å². The van der Waals surface area contributed by atoms with Gasteiger partial charge in [0.25, 0.3) is 0 Å². The van der Waals surface area contributed by atoms with E-state index in [1.165, 1.54) is 6.33 Å². The molecule has 168 valence electrons. The molecule has 0 fully saturated rings.